The Morgan fingerprint density at radius 2 is 1.86 bits per heavy atom. The summed E-state index contributed by atoms with van der Waals surface area (Å²) in [5.41, 5.74) is 1.38. The fourth-order valence-electron chi connectivity index (χ4n) is 3.02. The van der Waals surface area contributed by atoms with Gasteiger partial charge < -0.3 is 19.3 Å². The molecule has 1 aliphatic heterocycles. The maximum atomic E-state index is 12.4. The molecule has 184 valence electrons. The smallest absolute Gasteiger partial charge is 0.344 e. The van der Waals surface area contributed by atoms with E-state index in [4.69, 9.17) is 37.4 Å². The molecular formula is C25H23Cl2NO6S. The van der Waals surface area contributed by atoms with Crippen LogP contribution >= 0.6 is 35.0 Å². The monoisotopic (exact) mass is 535 g/mol. The van der Waals surface area contributed by atoms with Crippen LogP contribution in [0.3, 0.4) is 0 Å². The molecule has 0 atom stereocenters. The number of halogens is 2. The van der Waals surface area contributed by atoms with Gasteiger partial charge in [-0.25, -0.2) is 9.79 Å². The summed E-state index contributed by atoms with van der Waals surface area (Å²) in [5.74, 6) is -0.482. The normalized spacial score (nSPS) is 15.6. The predicted octanol–water partition coefficient (Wildman–Crippen LogP) is 6.38. The largest absolute Gasteiger partial charge is 0.506 e. The molecule has 0 fully saturated rings. The Bertz CT molecular complexity index is 1240. The van der Waals surface area contributed by atoms with Gasteiger partial charge in [0.25, 0.3) is 0 Å². The Morgan fingerprint density at radius 3 is 2.51 bits per heavy atom. The Morgan fingerprint density at radius 1 is 1.09 bits per heavy atom. The van der Waals surface area contributed by atoms with Gasteiger partial charge in [0, 0.05) is 6.42 Å². The van der Waals surface area contributed by atoms with Crippen molar-refractivity contribution in [3.05, 3.63) is 73.8 Å². The number of aliphatic hydroxyl groups excluding tert-OH is 1. The number of benzene rings is 2. The van der Waals surface area contributed by atoms with E-state index in [9.17, 15) is 14.7 Å². The predicted molar refractivity (Wildman–Crippen MR) is 138 cm³/mol. The number of methoxy groups -OCH3 is 1. The summed E-state index contributed by atoms with van der Waals surface area (Å²) in [6.07, 6.45) is 1.82. The van der Waals surface area contributed by atoms with Gasteiger partial charge >= 0.3 is 5.97 Å². The van der Waals surface area contributed by atoms with Crippen LogP contribution in [0.2, 0.25) is 10.0 Å². The van der Waals surface area contributed by atoms with Crippen LogP contribution in [0.4, 0.5) is 0 Å². The van der Waals surface area contributed by atoms with Gasteiger partial charge in [0.05, 0.1) is 28.7 Å². The zero-order valence-electron chi connectivity index (χ0n) is 19.3. The first-order chi connectivity index (χ1) is 16.8. The second kappa shape index (κ2) is 12.2. The van der Waals surface area contributed by atoms with E-state index in [0.717, 1.165) is 17.3 Å². The topological polar surface area (TPSA) is 94.4 Å². The Balaban J connectivity index is 1.87. The second-order valence-corrected chi connectivity index (χ2v) is 9.01. The Kier molecular flexibility index (Phi) is 9.26. The van der Waals surface area contributed by atoms with E-state index in [-0.39, 0.29) is 36.0 Å². The third-order valence-electron chi connectivity index (χ3n) is 4.76. The quantitative estimate of drug-likeness (QED) is 0.392. The zero-order chi connectivity index (χ0) is 25.5. The number of esters is 1. The molecule has 1 aliphatic rings. The highest BCUT2D eigenvalue weighted by atomic mass is 35.5. The number of ether oxygens (including phenoxy) is 3. The molecule has 1 N–H and O–H groups in total. The van der Waals surface area contributed by atoms with Crippen LogP contribution in [-0.2, 0) is 20.9 Å². The zero-order valence-corrected chi connectivity index (χ0v) is 21.6. The van der Waals surface area contributed by atoms with E-state index in [0.29, 0.717) is 32.0 Å². The molecular weight excluding hydrogens is 513 g/mol. The van der Waals surface area contributed by atoms with Crippen LogP contribution in [0.5, 0.6) is 11.5 Å². The molecule has 0 aliphatic carbocycles. The summed E-state index contributed by atoms with van der Waals surface area (Å²) in [6, 6.07) is 10.5. The first-order valence-corrected chi connectivity index (χ1v) is 12.2. The molecule has 1 heterocycles. The maximum Gasteiger partial charge on any atom is 0.344 e. The van der Waals surface area contributed by atoms with Gasteiger partial charge in [0.2, 0.25) is 5.91 Å². The SMILES string of the molecule is CCOC(=O)C1=C(O)/C(=C/c2ccc(OCc3ccc(Cl)c(Cl)c3)c(OC)c2)SC1=NC(=O)CC. The Hall–Kier alpha value is -2.94. The molecule has 2 aromatic carbocycles. The molecule has 0 radical (unpaired) electrons. The molecule has 0 saturated heterocycles. The fraction of sp³-hybridized carbons (Fsp3) is 0.240. The third kappa shape index (κ3) is 6.60. The number of rotatable bonds is 8. The van der Waals surface area contributed by atoms with Crippen molar-refractivity contribution in [1.29, 1.82) is 0 Å². The number of hydrogen-bond acceptors (Lipinski definition) is 7. The molecule has 0 unspecified atom stereocenters. The number of carbonyl (C=O) groups excluding carboxylic acids is 2. The number of aliphatic imine (C=N–C) groups is 1. The summed E-state index contributed by atoms with van der Waals surface area (Å²) in [6.45, 7) is 3.68. The number of thioether (sulfide) groups is 1. The minimum absolute atomic E-state index is 0.104. The van der Waals surface area contributed by atoms with Crippen LogP contribution in [0.15, 0.2) is 57.6 Å². The van der Waals surface area contributed by atoms with Crippen LogP contribution in [0.1, 0.15) is 31.4 Å². The standard InChI is InChI=1S/C25H23Cl2NO6S/c1-4-21(29)28-24-22(25(31)33-5-2)23(30)20(35-24)12-14-7-9-18(19(11-14)32-3)34-13-15-6-8-16(26)17(27)10-15/h6-12,30H,4-5,13H2,1-3H3/b20-12-,28-24?. The lowest BCUT2D eigenvalue weighted by Gasteiger charge is -2.12. The summed E-state index contributed by atoms with van der Waals surface area (Å²) >= 11 is 13.0. The van der Waals surface area contributed by atoms with Crippen LogP contribution in [0.25, 0.3) is 6.08 Å². The number of aliphatic hydroxyl groups is 1. The summed E-state index contributed by atoms with van der Waals surface area (Å²) in [5, 5.41) is 11.7. The Labute approximate surface area is 217 Å². The number of nitrogens with zero attached hydrogens (tertiary/aromatic N) is 1. The first-order valence-electron chi connectivity index (χ1n) is 10.6. The molecule has 35 heavy (non-hydrogen) atoms. The molecule has 0 spiro atoms. The van der Waals surface area contributed by atoms with E-state index < -0.39 is 11.9 Å². The third-order valence-corrected chi connectivity index (χ3v) is 6.52. The molecule has 2 aromatic rings. The van der Waals surface area contributed by atoms with Crippen molar-refractivity contribution in [3.63, 3.8) is 0 Å². The fourth-order valence-corrected chi connectivity index (χ4v) is 4.37. The lowest BCUT2D eigenvalue weighted by atomic mass is 10.1. The lowest BCUT2D eigenvalue weighted by molar-refractivity contribution is -0.138. The number of amides is 1. The van der Waals surface area contributed by atoms with E-state index >= 15 is 0 Å². The van der Waals surface area contributed by atoms with Gasteiger partial charge in [0.15, 0.2) is 11.5 Å². The second-order valence-electron chi connectivity index (χ2n) is 7.17. The van der Waals surface area contributed by atoms with Crippen molar-refractivity contribution in [2.45, 2.75) is 26.9 Å². The molecule has 0 aromatic heterocycles. The minimum atomic E-state index is -0.743. The van der Waals surface area contributed by atoms with Crippen molar-refractivity contribution in [2.75, 3.05) is 13.7 Å². The van der Waals surface area contributed by atoms with E-state index in [2.05, 4.69) is 4.99 Å². The van der Waals surface area contributed by atoms with Gasteiger partial charge in [-0.2, -0.15) is 0 Å². The van der Waals surface area contributed by atoms with Crippen LogP contribution in [0, 0.1) is 0 Å². The molecule has 7 nitrogen and oxygen atoms in total. The maximum absolute atomic E-state index is 12.4. The van der Waals surface area contributed by atoms with Gasteiger partial charge in [0.1, 0.15) is 23.0 Å². The average molecular weight is 536 g/mol. The van der Waals surface area contributed by atoms with Crippen molar-refractivity contribution >= 4 is 58.0 Å². The van der Waals surface area contributed by atoms with Gasteiger partial charge in [-0.15, -0.1) is 0 Å². The summed E-state index contributed by atoms with van der Waals surface area (Å²) < 4.78 is 16.4. The molecule has 0 bridgehead atoms. The average Bonchev–Trinajstić information content (AvgIpc) is 3.14. The summed E-state index contributed by atoms with van der Waals surface area (Å²) in [7, 11) is 1.51. The van der Waals surface area contributed by atoms with Gasteiger partial charge in [-0.05, 0) is 48.4 Å². The molecule has 0 saturated carbocycles. The number of hydrogen-bond donors (Lipinski definition) is 1. The first kappa shape index (κ1) is 26.7. The van der Waals surface area contributed by atoms with Crippen molar-refractivity contribution < 1.29 is 28.9 Å². The van der Waals surface area contributed by atoms with Crippen molar-refractivity contribution in [1.82, 2.24) is 0 Å². The molecule has 10 heteroatoms. The molecule has 3 rings (SSSR count). The number of carbonyl (C=O) groups is 2. The van der Waals surface area contributed by atoms with Crippen molar-refractivity contribution in [2.24, 2.45) is 4.99 Å². The highest BCUT2D eigenvalue weighted by molar-refractivity contribution is 8.18. The minimum Gasteiger partial charge on any atom is -0.506 e. The lowest BCUT2D eigenvalue weighted by Crippen LogP contribution is -2.14. The van der Waals surface area contributed by atoms with E-state index in [1.165, 1.54) is 7.11 Å². The molecule has 1 amide bonds. The van der Waals surface area contributed by atoms with E-state index in [1.54, 1.807) is 50.3 Å². The highest BCUT2D eigenvalue weighted by Crippen LogP contribution is 2.40. The van der Waals surface area contributed by atoms with E-state index in [1.807, 2.05) is 6.07 Å². The van der Waals surface area contributed by atoms with Gasteiger partial charge in [-0.1, -0.05) is 54.0 Å². The summed E-state index contributed by atoms with van der Waals surface area (Å²) in [4.78, 5) is 28.5. The van der Waals surface area contributed by atoms with Crippen molar-refractivity contribution in [3.8, 4) is 11.5 Å². The van der Waals surface area contributed by atoms with Crippen LogP contribution in [-0.4, -0.2) is 35.7 Å². The van der Waals surface area contributed by atoms with Crippen LogP contribution < -0.4 is 9.47 Å². The van der Waals surface area contributed by atoms with Gasteiger partial charge in [-0.3, -0.25) is 4.79 Å². The highest BCUT2D eigenvalue weighted by Gasteiger charge is 2.33.